The van der Waals surface area contributed by atoms with Crippen molar-refractivity contribution in [3.8, 4) is 0 Å². The van der Waals surface area contributed by atoms with Gasteiger partial charge in [0.05, 0.1) is 12.4 Å². The van der Waals surface area contributed by atoms with E-state index in [4.69, 9.17) is 11.8 Å². The first kappa shape index (κ1) is 11.4. The third-order valence-electron chi connectivity index (χ3n) is 3.17. The highest BCUT2D eigenvalue weighted by atomic mass is 35.5. The monoisotopic (exact) mass is 267 g/mol. The summed E-state index contributed by atoms with van der Waals surface area (Å²) in [7, 11) is 0. The summed E-state index contributed by atoms with van der Waals surface area (Å²) in [5, 5.41) is 0. The minimum absolute atomic E-state index is 0.110. The molecule has 1 aliphatic rings. The highest BCUT2D eigenvalue weighted by molar-refractivity contribution is 6.24. The van der Waals surface area contributed by atoms with Crippen molar-refractivity contribution in [3.05, 3.63) is 24.3 Å². The molecule has 2 aromatic heterocycles. The number of allylic oxidation sites excluding steroid dienone is 2. The lowest BCUT2D eigenvalue weighted by molar-refractivity contribution is 0.533. The summed E-state index contributed by atoms with van der Waals surface area (Å²) in [5.41, 5.74) is 2.16. The SMILES string of the molecule is FCC1=C[C@@H](n2cnc3c(NCl)ncnc32)CC1. The van der Waals surface area contributed by atoms with Crippen LogP contribution in [0.3, 0.4) is 0 Å². The molecule has 3 rings (SSSR count). The van der Waals surface area contributed by atoms with Crippen LogP contribution in [-0.4, -0.2) is 26.2 Å². The van der Waals surface area contributed by atoms with Crippen LogP contribution in [0.2, 0.25) is 0 Å². The van der Waals surface area contributed by atoms with Gasteiger partial charge in [0, 0.05) is 11.8 Å². The number of hydrogen-bond acceptors (Lipinski definition) is 4. The molecule has 2 heterocycles. The maximum absolute atomic E-state index is 12.6. The Hall–Kier alpha value is -1.69. The van der Waals surface area contributed by atoms with Crippen molar-refractivity contribution in [1.29, 1.82) is 0 Å². The van der Waals surface area contributed by atoms with E-state index < -0.39 is 0 Å². The second-order valence-corrected chi connectivity index (χ2v) is 4.39. The van der Waals surface area contributed by atoms with Crippen LogP contribution < -0.4 is 4.84 Å². The number of nitrogens with zero attached hydrogens (tertiary/aromatic N) is 4. The van der Waals surface area contributed by atoms with E-state index in [1.165, 1.54) is 6.33 Å². The van der Waals surface area contributed by atoms with Gasteiger partial charge in [-0.1, -0.05) is 6.08 Å². The molecule has 0 aromatic carbocycles. The van der Waals surface area contributed by atoms with Crippen LogP contribution in [0.5, 0.6) is 0 Å². The summed E-state index contributed by atoms with van der Waals surface area (Å²) in [6, 6.07) is 0.110. The fourth-order valence-electron chi connectivity index (χ4n) is 2.27. The average molecular weight is 268 g/mol. The number of hydrogen-bond donors (Lipinski definition) is 1. The lowest BCUT2D eigenvalue weighted by Crippen LogP contribution is -2.03. The van der Waals surface area contributed by atoms with Gasteiger partial charge < -0.3 is 4.57 Å². The predicted molar refractivity (Wildman–Crippen MR) is 67.1 cm³/mol. The highest BCUT2D eigenvalue weighted by Crippen LogP contribution is 2.31. The highest BCUT2D eigenvalue weighted by Gasteiger charge is 2.20. The summed E-state index contributed by atoms with van der Waals surface area (Å²) >= 11 is 5.57. The number of nitrogens with one attached hydrogen (secondary N) is 1. The van der Waals surface area contributed by atoms with Crippen LogP contribution in [0.25, 0.3) is 11.2 Å². The molecule has 2 aromatic rings. The van der Waals surface area contributed by atoms with Crippen LogP contribution in [0.1, 0.15) is 18.9 Å². The number of aromatic nitrogens is 4. The molecule has 0 unspecified atom stereocenters. The second-order valence-electron chi connectivity index (χ2n) is 4.21. The van der Waals surface area contributed by atoms with Crippen LogP contribution in [-0.2, 0) is 0 Å². The van der Waals surface area contributed by atoms with E-state index >= 15 is 0 Å². The van der Waals surface area contributed by atoms with Crippen molar-refractivity contribution in [3.63, 3.8) is 0 Å². The van der Waals surface area contributed by atoms with E-state index in [-0.39, 0.29) is 12.7 Å². The number of halogens is 2. The predicted octanol–water partition coefficient (Wildman–Crippen LogP) is 2.62. The standard InChI is InChI=1S/C11H11ClFN5/c12-17-10-9-11(15-5-14-10)18(6-16-9)8-2-1-7(3-8)4-13/h3,5-6,8H,1-2,4H2,(H,14,15,17)/t8-/m0/s1. The van der Waals surface area contributed by atoms with Gasteiger partial charge in [-0.25, -0.2) is 19.3 Å². The number of alkyl halides is 1. The Labute approximate surface area is 108 Å². The average Bonchev–Trinajstić information content (AvgIpc) is 3.03. The minimum atomic E-state index is -0.382. The van der Waals surface area contributed by atoms with Crippen LogP contribution >= 0.6 is 11.8 Å². The molecular weight excluding hydrogens is 257 g/mol. The third-order valence-corrected chi connectivity index (χ3v) is 3.35. The van der Waals surface area contributed by atoms with Crippen molar-refractivity contribution in [1.82, 2.24) is 19.5 Å². The number of anilines is 1. The fraction of sp³-hybridized carbons (Fsp3) is 0.364. The van der Waals surface area contributed by atoms with Gasteiger partial charge in [-0.05, 0) is 18.4 Å². The lowest BCUT2D eigenvalue weighted by atomic mass is 10.2. The molecule has 1 N–H and O–H groups in total. The van der Waals surface area contributed by atoms with Gasteiger partial charge >= 0.3 is 0 Å². The van der Waals surface area contributed by atoms with Crippen LogP contribution in [0, 0.1) is 0 Å². The maximum atomic E-state index is 12.6. The molecule has 0 fully saturated rings. The summed E-state index contributed by atoms with van der Waals surface area (Å²) in [4.78, 5) is 14.9. The molecule has 0 radical (unpaired) electrons. The smallest absolute Gasteiger partial charge is 0.172 e. The van der Waals surface area contributed by atoms with E-state index in [1.54, 1.807) is 6.33 Å². The largest absolute Gasteiger partial charge is 0.308 e. The van der Waals surface area contributed by atoms with Crippen LogP contribution in [0.4, 0.5) is 10.2 Å². The molecule has 0 aliphatic heterocycles. The first-order valence-corrected chi connectivity index (χ1v) is 6.01. The zero-order valence-corrected chi connectivity index (χ0v) is 10.2. The molecule has 0 amide bonds. The lowest BCUT2D eigenvalue weighted by Gasteiger charge is -2.09. The van der Waals surface area contributed by atoms with Gasteiger partial charge in [0.2, 0.25) is 0 Å². The summed E-state index contributed by atoms with van der Waals surface area (Å²) < 4.78 is 14.5. The van der Waals surface area contributed by atoms with Gasteiger partial charge in [-0.3, -0.25) is 4.84 Å². The van der Waals surface area contributed by atoms with Gasteiger partial charge in [-0.2, -0.15) is 0 Å². The van der Waals surface area contributed by atoms with Crippen molar-refractivity contribution in [2.45, 2.75) is 18.9 Å². The normalized spacial score (nSPS) is 19.2. The molecule has 0 saturated carbocycles. The Morgan fingerprint density at radius 1 is 1.44 bits per heavy atom. The Kier molecular flexibility index (Phi) is 2.87. The topological polar surface area (TPSA) is 55.6 Å². The van der Waals surface area contributed by atoms with Crippen LogP contribution in [0.15, 0.2) is 24.3 Å². The zero-order valence-electron chi connectivity index (χ0n) is 9.48. The molecule has 0 spiro atoms. The molecule has 0 saturated heterocycles. The van der Waals surface area contributed by atoms with E-state index in [1.807, 2.05) is 10.6 Å². The zero-order chi connectivity index (χ0) is 12.5. The summed E-state index contributed by atoms with van der Waals surface area (Å²) in [5.74, 6) is 0.480. The van der Waals surface area contributed by atoms with E-state index in [9.17, 15) is 4.39 Å². The van der Waals surface area contributed by atoms with Gasteiger partial charge in [0.25, 0.3) is 0 Å². The summed E-state index contributed by atoms with van der Waals surface area (Å²) in [6.45, 7) is -0.382. The van der Waals surface area contributed by atoms with E-state index in [0.717, 1.165) is 18.4 Å². The van der Waals surface area contributed by atoms with Gasteiger partial charge in [0.15, 0.2) is 17.0 Å². The van der Waals surface area contributed by atoms with Crippen molar-refractivity contribution < 1.29 is 4.39 Å². The number of imidazole rings is 1. The second kappa shape index (κ2) is 4.53. The molecule has 94 valence electrons. The Bertz CT molecular complexity index is 608. The van der Waals surface area contributed by atoms with Gasteiger partial charge in [0.1, 0.15) is 13.0 Å². The molecule has 7 heteroatoms. The minimum Gasteiger partial charge on any atom is -0.308 e. The van der Waals surface area contributed by atoms with E-state index in [0.29, 0.717) is 17.0 Å². The molecule has 1 atom stereocenters. The third kappa shape index (κ3) is 1.73. The maximum Gasteiger partial charge on any atom is 0.172 e. The van der Waals surface area contributed by atoms with Crippen molar-refractivity contribution in [2.75, 3.05) is 11.5 Å². The van der Waals surface area contributed by atoms with Crippen molar-refractivity contribution >= 4 is 28.8 Å². The van der Waals surface area contributed by atoms with Crippen molar-refractivity contribution in [2.24, 2.45) is 0 Å². The Morgan fingerprint density at radius 2 is 2.33 bits per heavy atom. The van der Waals surface area contributed by atoms with Gasteiger partial charge in [-0.15, -0.1) is 0 Å². The molecule has 1 aliphatic carbocycles. The Morgan fingerprint density at radius 3 is 3.06 bits per heavy atom. The molecular formula is C11H11ClFN5. The molecule has 5 nitrogen and oxygen atoms in total. The molecule has 18 heavy (non-hydrogen) atoms. The number of rotatable bonds is 3. The van der Waals surface area contributed by atoms with E-state index in [2.05, 4.69) is 19.8 Å². The Balaban J connectivity index is 2.06. The quantitative estimate of drug-likeness (QED) is 0.686. The number of fused-ring (bicyclic) bond motifs is 1. The molecule has 0 bridgehead atoms. The summed E-state index contributed by atoms with van der Waals surface area (Å²) in [6.07, 6.45) is 6.72. The first-order valence-electron chi connectivity index (χ1n) is 5.63. The first-order chi connectivity index (χ1) is 8.83. The fourth-order valence-corrected chi connectivity index (χ4v) is 2.40.